The van der Waals surface area contributed by atoms with Gasteiger partial charge in [0.15, 0.2) is 5.03 Å². The molecule has 0 radical (unpaired) electrons. The summed E-state index contributed by atoms with van der Waals surface area (Å²) in [6.45, 7) is 4.54. The van der Waals surface area contributed by atoms with E-state index in [9.17, 15) is 8.42 Å². The molecule has 0 fully saturated rings. The van der Waals surface area contributed by atoms with E-state index in [1.807, 2.05) is 4.57 Å². The minimum absolute atomic E-state index is 0.0480. The average molecular weight is 312 g/mol. The lowest BCUT2D eigenvalue weighted by Crippen LogP contribution is -2.36. The number of aromatic nitrogens is 4. The summed E-state index contributed by atoms with van der Waals surface area (Å²) in [6, 6.07) is -0.274. The van der Waals surface area contributed by atoms with Crippen molar-refractivity contribution in [3.05, 3.63) is 30.0 Å². The van der Waals surface area contributed by atoms with Crippen LogP contribution >= 0.6 is 0 Å². The number of nitrogens with zero attached hydrogens (tertiary/aromatic N) is 3. The Kier molecular flexibility index (Phi) is 4.76. The molecule has 21 heavy (non-hydrogen) atoms. The van der Waals surface area contributed by atoms with Crippen LogP contribution in [0.15, 0.2) is 23.7 Å². The zero-order valence-electron chi connectivity index (χ0n) is 12.3. The number of aryl methyl sites for hydroxylation is 1. The average Bonchev–Trinajstić information content (AvgIpc) is 3.00. The van der Waals surface area contributed by atoms with Gasteiger partial charge in [0.1, 0.15) is 0 Å². The number of aromatic amines is 1. The lowest BCUT2D eigenvalue weighted by Gasteiger charge is -2.14. The van der Waals surface area contributed by atoms with E-state index in [2.05, 4.69) is 25.2 Å². The molecule has 116 valence electrons. The third kappa shape index (κ3) is 3.69. The zero-order chi connectivity index (χ0) is 15.5. The third-order valence-corrected chi connectivity index (χ3v) is 4.60. The van der Waals surface area contributed by atoms with Gasteiger partial charge in [-0.3, -0.25) is 5.10 Å². The topological polar surface area (TPSA) is 105 Å². The number of hydrogen-bond acceptors (Lipinski definition) is 5. The van der Waals surface area contributed by atoms with Gasteiger partial charge in [-0.2, -0.15) is 5.10 Å². The molecular weight excluding hydrogens is 292 g/mol. The molecule has 0 aliphatic rings. The zero-order valence-corrected chi connectivity index (χ0v) is 13.1. The molecule has 1 unspecified atom stereocenters. The van der Waals surface area contributed by atoms with Gasteiger partial charge in [-0.15, -0.1) is 0 Å². The van der Waals surface area contributed by atoms with Gasteiger partial charge in [0, 0.05) is 42.8 Å². The van der Waals surface area contributed by atoms with Gasteiger partial charge in [-0.05, 0) is 20.9 Å². The fourth-order valence-electron chi connectivity index (χ4n) is 2.11. The van der Waals surface area contributed by atoms with Crippen molar-refractivity contribution in [3.63, 3.8) is 0 Å². The van der Waals surface area contributed by atoms with E-state index in [1.165, 1.54) is 0 Å². The first-order valence-corrected chi connectivity index (χ1v) is 8.09. The van der Waals surface area contributed by atoms with Crippen molar-refractivity contribution in [1.82, 2.24) is 29.8 Å². The Morgan fingerprint density at radius 1 is 1.48 bits per heavy atom. The largest absolute Gasteiger partial charge is 0.336 e. The fraction of sp³-hybridized carbons (Fsp3) is 0.500. The van der Waals surface area contributed by atoms with E-state index in [1.54, 1.807) is 39.6 Å². The van der Waals surface area contributed by atoms with E-state index < -0.39 is 10.0 Å². The van der Waals surface area contributed by atoms with Crippen LogP contribution in [-0.2, 0) is 23.1 Å². The van der Waals surface area contributed by atoms with Gasteiger partial charge >= 0.3 is 0 Å². The van der Waals surface area contributed by atoms with Crippen LogP contribution in [0.2, 0.25) is 0 Å². The Balaban J connectivity index is 2.14. The van der Waals surface area contributed by atoms with E-state index in [4.69, 9.17) is 0 Å². The summed E-state index contributed by atoms with van der Waals surface area (Å²) in [7, 11) is -1.90. The van der Waals surface area contributed by atoms with E-state index in [0.29, 0.717) is 18.7 Å². The molecule has 2 heterocycles. The van der Waals surface area contributed by atoms with Gasteiger partial charge in [-0.25, -0.2) is 18.1 Å². The molecule has 2 rings (SSSR count). The second-order valence-corrected chi connectivity index (χ2v) is 6.57. The molecule has 0 aromatic carbocycles. The Hall–Kier alpha value is -1.71. The molecule has 1 atom stereocenters. The molecule has 0 amide bonds. The molecule has 2 aromatic rings. The third-order valence-electron chi connectivity index (χ3n) is 3.04. The highest BCUT2D eigenvalue weighted by molar-refractivity contribution is 7.89. The Bertz CT molecular complexity index is 677. The Labute approximate surface area is 124 Å². The highest BCUT2D eigenvalue weighted by Gasteiger charge is 2.25. The number of H-pyrrole nitrogens is 1. The molecule has 8 nitrogen and oxygen atoms in total. The minimum atomic E-state index is -3.66. The molecule has 2 aromatic heterocycles. The molecule has 0 spiro atoms. The van der Waals surface area contributed by atoms with Crippen LogP contribution in [0, 0.1) is 6.92 Å². The van der Waals surface area contributed by atoms with Gasteiger partial charge in [0.2, 0.25) is 0 Å². The molecule has 0 aliphatic heterocycles. The number of imidazole rings is 1. The van der Waals surface area contributed by atoms with Crippen LogP contribution in [0.5, 0.6) is 0 Å². The molecule has 3 N–H and O–H groups in total. The molecule has 9 heteroatoms. The molecule has 0 bridgehead atoms. The first-order valence-electron chi connectivity index (χ1n) is 6.60. The van der Waals surface area contributed by atoms with E-state index in [-0.39, 0.29) is 11.1 Å². The maximum absolute atomic E-state index is 12.4. The van der Waals surface area contributed by atoms with Crippen molar-refractivity contribution in [2.45, 2.75) is 38.0 Å². The van der Waals surface area contributed by atoms with Gasteiger partial charge in [0.05, 0.1) is 6.33 Å². The van der Waals surface area contributed by atoms with Gasteiger partial charge in [-0.1, -0.05) is 0 Å². The van der Waals surface area contributed by atoms with Crippen molar-refractivity contribution in [3.8, 4) is 0 Å². The van der Waals surface area contributed by atoms with Crippen molar-refractivity contribution in [2.24, 2.45) is 0 Å². The van der Waals surface area contributed by atoms with Crippen molar-refractivity contribution in [1.29, 1.82) is 0 Å². The van der Waals surface area contributed by atoms with Crippen LogP contribution in [-0.4, -0.2) is 41.3 Å². The van der Waals surface area contributed by atoms with E-state index >= 15 is 0 Å². The summed E-state index contributed by atoms with van der Waals surface area (Å²) in [6.07, 6.45) is 5.09. The van der Waals surface area contributed by atoms with Crippen molar-refractivity contribution >= 4 is 10.0 Å². The lowest BCUT2D eigenvalue weighted by atomic mass is 10.3. The number of rotatable bonds is 7. The summed E-state index contributed by atoms with van der Waals surface area (Å²) < 4.78 is 29.3. The first-order chi connectivity index (χ1) is 9.94. The van der Waals surface area contributed by atoms with Crippen LogP contribution in [0.4, 0.5) is 0 Å². The summed E-state index contributed by atoms with van der Waals surface area (Å²) >= 11 is 0. The SMILES string of the molecule is CNCc1c(S(=O)(=O)NC(C)Cn2ccnc2)n[nH]c1C. The minimum Gasteiger partial charge on any atom is -0.336 e. The maximum Gasteiger partial charge on any atom is 0.260 e. The van der Waals surface area contributed by atoms with Gasteiger partial charge < -0.3 is 9.88 Å². The van der Waals surface area contributed by atoms with Crippen LogP contribution < -0.4 is 10.0 Å². The normalized spacial score (nSPS) is 13.5. The predicted octanol–water partition coefficient (Wildman–Crippen LogP) is 0.00102. The highest BCUT2D eigenvalue weighted by Crippen LogP contribution is 2.16. The summed E-state index contributed by atoms with van der Waals surface area (Å²) in [5, 5.41) is 9.64. The molecule has 0 saturated carbocycles. The molecule has 0 aliphatic carbocycles. The number of hydrogen-bond donors (Lipinski definition) is 3. The second-order valence-electron chi connectivity index (χ2n) is 4.94. The standard InChI is InChI=1S/C12H20N6O2S/c1-9(7-18-5-4-14-8-18)17-21(19,20)12-11(6-13-3)10(2)15-16-12/h4-5,8-9,13,17H,6-7H2,1-3H3,(H,15,16). The lowest BCUT2D eigenvalue weighted by molar-refractivity contribution is 0.517. The quantitative estimate of drug-likeness (QED) is 0.667. The summed E-state index contributed by atoms with van der Waals surface area (Å²) in [5.41, 5.74) is 1.40. The smallest absolute Gasteiger partial charge is 0.260 e. The first kappa shape index (κ1) is 15.7. The summed E-state index contributed by atoms with van der Waals surface area (Å²) in [4.78, 5) is 3.93. The molecule has 0 saturated heterocycles. The van der Waals surface area contributed by atoms with Crippen LogP contribution in [0.1, 0.15) is 18.2 Å². The predicted molar refractivity (Wildman–Crippen MR) is 78.1 cm³/mol. The van der Waals surface area contributed by atoms with E-state index in [0.717, 1.165) is 5.69 Å². The molecular formula is C12H20N6O2S. The maximum atomic E-state index is 12.4. The number of nitrogens with one attached hydrogen (secondary N) is 3. The summed E-state index contributed by atoms with van der Waals surface area (Å²) in [5.74, 6) is 0. The van der Waals surface area contributed by atoms with Gasteiger partial charge in [0.25, 0.3) is 10.0 Å². The monoisotopic (exact) mass is 312 g/mol. The number of sulfonamides is 1. The second kappa shape index (κ2) is 6.37. The Morgan fingerprint density at radius 2 is 2.24 bits per heavy atom. The van der Waals surface area contributed by atoms with Crippen LogP contribution in [0.25, 0.3) is 0 Å². The van der Waals surface area contributed by atoms with Crippen LogP contribution in [0.3, 0.4) is 0 Å². The van der Waals surface area contributed by atoms with Crippen molar-refractivity contribution in [2.75, 3.05) is 7.05 Å². The highest BCUT2D eigenvalue weighted by atomic mass is 32.2. The fourth-order valence-corrected chi connectivity index (χ4v) is 3.54. The van der Waals surface area contributed by atoms with Crippen molar-refractivity contribution < 1.29 is 8.42 Å². The Morgan fingerprint density at radius 3 is 2.86 bits per heavy atom.